The van der Waals surface area contributed by atoms with Gasteiger partial charge in [0.2, 0.25) is 0 Å². The number of thioether (sulfide) groups is 1. The molecule has 1 aliphatic heterocycles. The van der Waals surface area contributed by atoms with Crippen LogP contribution in [-0.4, -0.2) is 22.3 Å². The highest BCUT2D eigenvalue weighted by Gasteiger charge is 2.01. The SMILES string of the molecule is C(=C/c1cccnc1)/C1=NCCS1. The van der Waals surface area contributed by atoms with Gasteiger partial charge >= 0.3 is 0 Å². The molecule has 0 N–H and O–H groups in total. The molecule has 0 amide bonds. The first kappa shape index (κ1) is 8.51. The third-order valence-electron chi connectivity index (χ3n) is 1.71. The Hall–Kier alpha value is -1.09. The van der Waals surface area contributed by atoms with E-state index in [9.17, 15) is 0 Å². The Morgan fingerprint density at radius 1 is 1.38 bits per heavy atom. The first-order valence-electron chi connectivity index (χ1n) is 4.20. The van der Waals surface area contributed by atoms with E-state index in [1.165, 1.54) is 0 Å². The van der Waals surface area contributed by atoms with Gasteiger partial charge in [-0.15, -0.1) is 11.8 Å². The fraction of sp³-hybridized carbons (Fsp3) is 0.200. The second kappa shape index (κ2) is 4.23. The van der Waals surface area contributed by atoms with Gasteiger partial charge in [0.15, 0.2) is 0 Å². The van der Waals surface area contributed by atoms with Crippen molar-refractivity contribution in [3.63, 3.8) is 0 Å². The lowest BCUT2D eigenvalue weighted by Crippen LogP contribution is -1.79. The summed E-state index contributed by atoms with van der Waals surface area (Å²) in [7, 11) is 0. The third-order valence-corrected chi connectivity index (χ3v) is 2.66. The number of hydrogen-bond acceptors (Lipinski definition) is 3. The normalized spacial score (nSPS) is 16.5. The minimum atomic E-state index is 0.956. The Balaban J connectivity index is 2.05. The summed E-state index contributed by atoms with van der Waals surface area (Å²) in [5.74, 6) is 1.12. The van der Waals surface area contributed by atoms with Crippen LogP contribution in [0.15, 0.2) is 35.6 Å². The molecule has 0 saturated carbocycles. The molecule has 1 aromatic rings. The smallest absolute Gasteiger partial charge is 0.0905 e. The van der Waals surface area contributed by atoms with Gasteiger partial charge in [0.05, 0.1) is 5.04 Å². The second-order valence-corrected chi connectivity index (χ2v) is 3.80. The van der Waals surface area contributed by atoms with Crippen LogP contribution in [0.5, 0.6) is 0 Å². The highest BCUT2D eigenvalue weighted by Crippen LogP contribution is 2.13. The Morgan fingerprint density at radius 2 is 2.38 bits per heavy atom. The summed E-state index contributed by atoms with van der Waals surface area (Å²) in [6.07, 6.45) is 7.72. The Morgan fingerprint density at radius 3 is 3.08 bits per heavy atom. The minimum Gasteiger partial charge on any atom is -0.278 e. The summed E-state index contributed by atoms with van der Waals surface area (Å²) < 4.78 is 0. The fourth-order valence-electron chi connectivity index (χ4n) is 1.09. The van der Waals surface area contributed by atoms with E-state index >= 15 is 0 Å². The topological polar surface area (TPSA) is 25.2 Å². The number of rotatable bonds is 2. The molecule has 0 spiro atoms. The lowest BCUT2D eigenvalue weighted by atomic mass is 10.3. The molecule has 2 nitrogen and oxygen atoms in total. The number of pyridine rings is 1. The zero-order valence-electron chi connectivity index (χ0n) is 7.18. The van der Waals surface area contributed by atoms with Crippen LogP contribution in [0.3, 0.4) is 0 Å². The molecule has 3 heteroatoms. The summed E-state index contributed by atoms with van der Waals surface area (Å²) >= 11 is 1.80. The van der Waals surface area contributed by atoms with E-state index in [1.54, 1.807) is 18.0 Å². The number of aliphatic imine (C=N–C) groups is 1. The molecule has 2 heterocycles. The largest absolute Gasteiger partial charge is 0.278 e. The first-order chi connectivity index (χ1) is 6.45. The standard InChI is InChI=1S/C10H10N2S/c1-2-9(8-11-5-1)3-4-10-12-6-7-13-10/h1-5,8H,6-7H2/b4-3-. The maximum absolute atomic E-state index is 4.32. The van der Waals surface area contributed by atoms with Crippen molar-refractivity contribution in [2.75, 3.05) is 12.3 Å². The molecule has 2 rings (SSSR count). The van der Waals surface area contributed by atoms with Gasteiger partial charge in [-0.3, -0.25) is 9.98 Å². The van der Waals surface area contributed by atoms with E-state index in [-0.39, 0.29) is 0 Å². The predicted molar refractivity (Wildman–Crippen MR) is 58.0 cm³/mol. The van der Waals surface area contributed by atoms with Crippen molar-refractivity contribution in [3.05, 3.63) is 36.2 Å². The summed E-state index contributed by atoms with van der Waals surface area (Å²) in [4.78, 5) is 8.36. The molecule has 0 radical (unpaired) electrons. The molecule has 0 bridgehead atoms. The van der Waals surface area contributed by atoms with E-state index in [4.69, 9.17) is 0 Å². The molecule has 1 aromatic heterocycles. The van der Waals surface area contributed by atoms with Crippen LogP contribution >= 0.6 is 11.8 Å². The molecule has 13 heavy (non-hydrogen) atoms. The van der Waals surface area contributed by atoms with Crippen molar-refractivity contribution in [1.82, 2.24) is 4.98 Å². The molecular weight excluding hydrogens is 180 g/mol. The first-order valence-corrected chi connectivity index (χ1v) is 5.19. The summed E-state index contributed by atoms with van der Waals surface area (Å²) in [6.45, 7) is 0.956. The van der Waals surface area contributed by atoms with Crippen LogP contribution in [0.2, 0.25) is 0 Å². The zero-order chi connectivity index (χ0) is 8.93. The van der Waals surface area contributed by atoms with E-state index in [2.05, 4.69) is 16.1 Å². The number of nitrogens with zero attached hydrogens (tertiary/aromatic N) is 2. The van der Waals surface area contributed by atoms with Crippen LogP contribution in [-0.2, 0) is 0 Å². The molecule has 0 fully saturated rings. The van der Waals surface area contributed by atoms with E-state index in [0.717, 1.165) is 22.9 Å². The van der Waals surface area contributed by atoms with Gasteiger partial charge in [0, 0.05) is 24.7 Å². The lowest BCUT2D eigenvalue weighted by molar-refractivity contribution is 1.18. The minimum absolute atomic E-state index is 0.956. The lowest BCUT2D eigenvalue weighted by Gasteiger charge is -1.90. The van der Waals surface area contributed by atoms with E-state index < -0.39 is 0 Å². The van der Waals surface area contributed by atoms with Gasteiger partial charge in [-0.1, -0.05) is 12.1 Å². The summed E-state index contributed by atoms with van der Waals surface area (Å²) in [5, 5.41) is 1.13. The number of aromatic nitrogens is 1. The second-order valence-electron chi connectivity index (χ2n) is 2.69. The Kier molecular flexibility index (Phi) is 2.77. The molecule has 0 aliphatic carbocycles. The fourth-order valence-corrected chi connectivity index (χ4v) is 1.83. The van der Waals surface area contributed by atoms with Crippen molar-refractivity contribution < 1.29 is 0 Å². The Bertz CT molecular complexity index is 330. The van der Waals surface area contributed by atoms with Crippen molar-refractivity contribution in [1.29, 1.82) is 0 Å². The highest BCUT2D eigenvalue weighted by atomic mass is 32.2. The maximum Gasteiger partial charge on any atom is 0.0905 e. The van der Waals surface area contributed by atoms with Crippen molar-refractivity contribution in [3.8, 4) is 0 Å². The molecular formula is C10H10N2S. The predicted octanol–water partition coefficient (Wildman–Crippen LogP) is 2.24. The number of hydrogen-bond donors (Lipinski definition) is 0. The molecule has 66 valence electrons. The van der Waals surface area contributed by atoms with E-state index in [0.29, 0.717) is 0 Å². The van der Waals surface area contributed by atoms with Crippen molar-refractivity contribution in [2.45, 2.75) is 0 Å². The average Bonchev–Trinajstić information content (AvgIpc) is 2.69. The maximum atomic E-state index is 4.32. The van der Waals surface area contributed by atoms with E-state index in [1.807, 2.05) is 24.4 Å². The van der Waals surface area contributed by atoms with Crippen LogP contribution in [0, 0.1) is 0 Å². The van der Waals surface area contributed by atoms with Crippen LogP contribution in [0.4, 0.5) is 0 Å². The zero-order valence-corrected chi connectivity index (χ0v) is 8.00. The average molecular weight is 190 g/mol. The van der Waals surface area contributed by atoms with Gasteiger partial charge in [-0.05, 0) is 17.7 Å². The van der Waals surface area contributed by atoms with Gasteiger partial charge in [0.1, 0.15) is 0 Å². The molecule has 0 atom stereocenters. The Labute approximate surface area is 81.8 Å². The van der Waals surface area contributed by atoms with Crippen LogP contribution in [0.1, 0.15) is 5.56 Å². The summed E-state index contributed by atoms with van der Waals surface area (Å²) in [6, 6.07) is 3.97. The van der Waals surface area contributed by atoms with Gasteiger partial charge in [-0.25, -0.2) is 0 Å². The molecule has 0 saturated heterocycles. The van der Waals surface area contributed by atoms with Gasteiger partial charge in [-0.2, -0.15) is 0 Å². The third kappa shape index (κ3) is 2.42. The van der Waals surface area contributed by atoms with Crippen LogP contribution in [0.25, 0.3) is 6.08 Å². The molecule has 0 unspecified atom stereocenters. The monoisotopic (exact) mass is 190 g/mol. The summed E-state index contributed by atoms with van der Waals surface area (Å²) in [5.41, 5.74) is 1.12. The quantitative estimate of drug-likeness (QED) is 0.714. The molecule has 0 aromatic carbocycles. The van der Waals surface area contributed by atoms with Gasteiger partial charge < -0.3 is 0 Å². The molecule has 1 aliphatic rings. The van der Waals surface area contributed by atoms with Crippen LogP contribution < -0.4 is 0 Å². The van der Waals surface area contributed by atoms with Crippen molar-refractivity contribution >= 4 is 22.9 Å². The van der Waals surface area contributed by atoms with Gasteiger partial charge in [0.25, 0.3) is 0 Å². The highest BCUT2D eigenvalue weighted by molar-refractivity contribution is 8.14. The van der Waals surface area contributed by atoms with Crippen molar-refractivity contribution in [2.24, 2.45) is 4.99 Å².